The number of nitrogens with one attached hydrogen (secondary N) is 1. The predicted octanol–water partition coefficient (Wildman–Crippen LogP) is 5.28. The number of anilines is 1. The predicted molar refractivity (Wildman–Crippen MR) is 132 cm³/mol. The number of likely N-dealkylation sites (tertiary alicyclic amines) is 1. The van der Waals surface area contributed by atoms with Gasteiger partial charge in [-0.15, -0.1) is 0 Å². The second-order valence-electron chi connectivity index (χ2n) is 7.80. The molecule has 1 aliphatic rings. The van der Waals surface area contributed by atoms with Crippen LogP contribution in [0.3, 0.4) is 0 Å². The van der Waals surface area contributed by atoms with Gasteiger partial charge < -0.3 is 14.7 Å². The lowest BCUT2D eigenvalue weighted by Crippen LogP contribution is -2.40. The SMILES string of the molecule is O=C(O)[C@@H]1CCCN1C(=O)c1ccc(S(=O)(=O)Nc2ccccc2Oc2ccc(Cl)cc2Cl)cc1. The van der Waals surface area contributed by atoms with Crippen LogP contribution in [0.4, 0.5) is 5.69 Å². The summed E-state index contributed by atoms with van der Waals surface area (Å²) in [6.45, 7) is 0.339. The number of carboxylic acids is 1. The highest BCUT2D eigenvalue weighted by atomic mass is 35.5. The van der Waals surface area contributed by atoms with Gasteiger partial charge in [-0.2, -0.15) is 0 Å². The number of para-hydroxylation sites is 2. The molecule has 0 saturated carbocycles. The zero-order valence-electron chi connectivity index (χ0n) is 18.1. The Kier molecular flexibility index (Phi) is 7.20. The first kappa shape index (κ1) is 24.8. The van der Waals surface area contributed by atoms with Crippen LogP contribution in [0.1, 0.15) is 23.2 Å². The maximum absolute atomic E-state index is 13.0. The summed E-state index contributed by atoms with van der Waals surface area (Å²) >= 11 is 12.1. The van der Waals surface area contributed by atoms with Crippen molar-refractivity contribution in [1.82, 2.24) is 4.90 Å². The van der Waals surface area contributed by atoms with Crippen LogP contribution in [-0.2, 0) is 14.8 Å². The lowest BCUT2D eigenvalue weighted by atomic mass is 10.1. The fourth-order valence-corrected chi connectivity index (χ4v) is 5.25. The van der Waals surface area contributed by atoms with Crippen LogP contribution in [0.25, 0.3) is 0 Å². The first-order valence-electron chi connectivity index (χ1n) is 10.5. The van der Waals surface area contributed by atoms with Crippen LogP contribution in [0, 0.1) is 0 Å². The Hall–Kier alpha value is -3.27. The molecule has 0 spiro atoms. The number of amides is 1. The number of rotatable bonds is 7. The minimum absolute atomic E-state index is 0.0791. The zero-order valence-corrected chi connectivity index (χ0v) is 20.5. The van der Waals surface area contributed by atoms with E-state index < -0.39 is 27.9 Å². The van der Waals surface area contributed by atoms with Gasteiger partial charge in [0.15, 0.2) is 5.75 Å². The lowest BCUT2D eigenvalue weighted by molar-refractivity contribution is -0.141. The molecule has 1 aliphatic heterocycles. The summed E-state index contributed by atoms with van der Waals surface area (Å²) in [4.78, 5) is 25.3. The summed E-state index contributed by atoms with van der Waals surface area (Å²) < 4.78 is 34.3. The number of carbonyl (C=O) groups is 2. The van der Waals surface area contributed by atoms with E-state index >= 15 is 0 Å². The van der Waals surface area contributed by atoms with Crippen LogP contribution < -0.4 is 9.46 Å². The Morgan fingerprint density at radius 3 is 2.40 bits per heavy atom. The fraction of sp³-hybridized carbons (Fsp3) is 0.167. The molecule has 182 valence electrons. The third-order valence-corrected chi connectivity index (χ3v) is 7.37. The van der Waals surface area contributed by atoms with Gasteiger partial charge in [-0.1, -0.05) is 35.3 Å². The van der Waals surface area contributed by atoms with Crippen molar-refractivity contribution in [3.05, 3.63) is 82.3 Å². The minimum atomic E-state index is -4.03. The van der Waals surface area contributed by atoms with E-state index in [0.717, 1.165) is 0 Å². The highest BCUT2D eigenvalue weighted by Crippen LogP contribution is 2.35. The van der Waals surface area contributed by atoms with Crippen molar-refractivity contribution in [2.45, 2.75) is 23.8 Å². The summed E-state index contributed by atoms with van der Waals surface area (Å²) in [6.07, 6.45) is 0.988. The first-order chi connectivity index (χ1) is 16.7. The number of hydrogen-bond donors (Lipinski definition) is 2. The Morgan fingerprint density at radius 2 is 1.71 bits per heavy atom. The standard InChI is InChI=1S/C24H20Cl2N2O6S/c25-16-9-12-21(18(26)14-16)34-22-6-2-1-4-19(22)27-35(32,33)17-10-7-15(8-11-17)23(29)28-13-3-5-20(28)24(30)31/h1-2,4,6-12,14,20,27H,3,5,13H2,(H,30,31)/t20-/m0/s1. The van der Waals surface area contributed by atoms with Gasteiger partial charge >= 0.3 is 5.97 Å². The van der Waals surface area contributed by atoms with Crippen molar-refractivity contribution in [2.75, 3.05) is 11.3 Å². The summed E-state index contributed by atoms with van der Waals surface area (Å²) in [5.41, 5.74) is 0.387. The molecule has 8 nitrogen and oxygen atoms in total. The van der Waals surface area contributed by atoms with E-state index in [1.54, 1.807) is 30.3 Å². The van der Waals surface area contributed by atoms with Crippen molar-refractivity contribution in [3.8, 4) is 11.5 Å². The van der Waals surface area contributed by atoms with Crippen molar-refractivity contribution in [2.24, 2.45) is 0 Å². The number of carboxylic acid groups (broad SMARTS) is 1. The molecular formula is C24H20Cl2N2O6S. The van der Waals surface area contributed by atoms with Gasteiger partial charge in [0.2, 0.25) is 0 Å². The molecule has 0 unspecified atom stereocenters. The number of ether oxygens (including phenoxy) is 1. The van der Waals surface area contributed by atoms with E-state index in [0.29, 0.717) is 30.2 Å². The second-order valence-corrected chi connectivity index (χ2v) is 10.3. The molecule has 1 saturated heterocycles. The van der Waals surface area contributed by atoms with E-state index in [1.807, 2.05) is 0 Å². The largest absolute Gasteiger partial charge is 0.480 e. The average molecular weight is 535 g/mol. The van der Waals surface area contributed by atoms with Crippen molar-refractivity contribution < 1.29 is 27.9 Å². The second kappa shape index (κ2) is 10.2. The van der Waals surface area contributed by atoms with Crippen LogP contribution in [-0.4, -0.2) is 42.9 Å². The summed E-state index contributed by atoms with van der Waals surface area (Å²) in [5.74, 6) is -0.988. The molecule has 11 heteroatoms. The molecule has 1 heterocycles. The van der Waals surface area contributed by atoms with Crippen molar-refractivity contribution in [1.29, 1.82) is 0 Å². The van der Waals surface area contributed by atoms with E-state index in [4.69, 9.17) is 27.9 Å². The number of aliphatic carboxylic acids is 1. The fourth-order valence-electron chi connectivity index (χ4n) is 3.73. The Labute approximate surface area is 212 Å². The number of benzene rings is 3. The third-order valence-electron chi connectivity index (χ3n) is 5.46. The maximum Gasteiger partial charge on any atom is 0.326 e. The molecule has 1 amide bonds. The molecule has 0 bridgehead atoms. The van der Waals surface area contributed by atoms with Crippen LogP contribution in [0.5, 0.6) is 11.5 Å². The molecule has 3 aromatic rings. The Morgan fingerprint density at radius 1 is 1.00 bits per heavy atom. The number of carbonyl (C=O) groups excluding carboxylic acids is 1. The molecular weight excluding hydrogens is 515 g/mol. The lowest BCUT2D eigenvalue weighted by Gasteiger charge is -2.21. The van der Waals surface area contributed by atoms with Crippen LogP contribution in [0.2, 0.25) is 10.0 Å². The average Bonchev–Trinajstić information content (AvgIpc) is 3.32. The quantitative estimate of drug-likeness (QED) is 0.426. The van der Waals surface area contributed by atoms with Gasteiger partial charge in [0.25, 0.3) is 15.9 Å². The Bertz CT molecular complexity index is 1380. The van der Waals surface area contributed by atoms with Crippen molar-refractivity contribution in [3.63, 3.8) is 0 Å². The molecule has 0 aliphatic carbocycles. The topological polar surface area (TPSA) is 113 Å². The summed E-state index contributed by atoms with van der Waals surface area (Å²) in [7, 11) is -4.03. The van der Waals surface area contributed by atoms with Gasteiger partial charge in [-0.3, -0.25) is 9.52 Å². The number of halogens is 2. The summed E-state index contributed by atoms with van der Waals surface area (Å²) in [5, 5.41) is 10.0. The molecule has 1 fully saturated rings. The number of sulfonamides is 1. The molecule has 4 rings (SSSR count). The van der Waals surface area contributed by atoms with E-state index in [1.165, 1.54) is 41.3 Å². The normalized spacial score (nSPS) is 15.6. The molecule has 0 aromatic heterocycles. The highest BCUT2D eigenvalue weighted by Gasteiger charge is 2.34. The molecule has 3 aromatic carbocycles. The van der Waals surface area contributed by atoms with Crippen molar-refractivity contribution >= 4 is 50.8 Å². The van der Waals surface area contributed by atoms with Crippen LogP contribution >= 0.6 is 23.2 Å². The smallest absolute Gasteiger partial charge is 0.326 e. The Balaban J connectivity index is 1.53. The van der Waals surface area contributed by atoms with E-state index in [-0.39, 0.29) is 26.9 Å². The molecule has 2 N–H and O–H groups in total. The number of nitrogens with zero attached hydrogens (tertiary/aromatic N) is 1. The molecule has 0 radical (unpaired) electrons. The minimum Gasteiger partial charge on any atom is -0.480 e. The molecule has 1 atom stereocenters. The first-order valence-corrected chi connectivity index (χ1v) is 12.8. The maximum atomic E-state index is 13.0. The van der Waals surface area contributed by atoms with Gasteiger partial charge in [0.1, 0.15) is 11.8 Å². The zero-order chi connectivity index (χ0) is 25.2. The number of hydrogen-bond acceptors (Lipinski definition) is 5. The van der Waals surface area contributed by atoms with Crippen LogP contribution in [0.15, 0.2) is 71.6 Å². The third kappa shape index (κ3) is 5.53. The van der Waals surface area contributed by atoms with Gasteiger partial charge in [-0.25, -0.2) is 13.2 Å². The monoisotopic (exact) mass is 534 g/mol. The molecule has 35 heavy (non-hydrogen) atoms. The van der Waals surface area contributed by atoms with Gasteiger partial charge in [0, 0.05) is 17.1 Å². The highest BCUT2D eigenvalue weighted by molar-refractivity contribution is 7.92. The van der Waals surface area contributed by atoms with Gasteiger partial charge in [0.05, 0.1) is 15.6 Å². The van der Waals surface area contributed by atoms with Gasteiger partial charge in [-0.05, 0) is 67.4 Å². The van der Waals surface area contributed by atoms with E-state index in [2.05, 4.69) is 4.72 Å². The van der Waals surface area contributed by atoms with E-state index in [9.17, 15) is 23.1 Å². The summed E-state index contributed by atoms with van der Waals surface area (Å²) in [6, 6.07) is 15.6.